The number of nitrogens with two attached hydrogens (primary N) is 1. The van der Waals surface area contributed by atoms with E-state index in [9.17, 15) is 10.2 Å². The van der Waals surface area contributed by atoms with E-state index in [1.807, 2.05) is 0 Å². The molecular formula is C12H15N5O4. The van der Waals surface area contributed by atoms with Gasteiger partial charge in [-0.25, -0.2) is 15.0 Å². The van der Waals surface area contributed by atoms with Gasteiger partial charge >= 0.3 is 0 Å². The molecule has 2 saturated heterocycles. The largest absolute Gasteiger partial charge is 0.393 e. The first-order valence-electron chi connectivity index (χ1n) is 6.63. The molecule has 4 rings (SSSR count). The number of rotatable bonds is 2. The van der Waals surface area contributed by atoms with Crippen molar-refractivity contribution in [3.8, 4) is 0 Å². The molecule has 0 spiro atoms. The van der Waals surface area contributed by atoms with Crippen LogP contribution in [0.3, 0.4) is 0 Å². The van der Waals surface area contributed by atoms with E-state index in [2.05, 4.69) is 15.0 Å². The van der Waals surface area contributed by atoms with Gasteiger partial charge in [0.05, 0.1) is 19.0 Å². The summed E-state index contributed by atoms with van der Waals surface area (Å²) in [5.41, 5.74) is 5.60. The molecule has 9 heteroatoms. The molecule has 2 aliphatic heterocycles. The zero-order chi connectivity index (χ0) is 14.8. The molecule has 0 aliphatic carbocycles. The van der Waals surface area contributed by atoms with Crippen LogP contribution in [0.2, 0.25) is 0 Å². The van der Waals surface area contributed by atoms with Crippen molar-refractivity contribution in [1.82, 2.24) is 19.5 Å². The predicted octanol–water partition coefficient (Wildman–Crippen LogP) is -1.18. The van der Waals surface area contributed by atoms with Gasteiger partial charge in [0.25, 0.3) is 0 Å². The van der Waals surface area contributed by atoms with Crippen molar-refractivity contribution in [2.24, 2.45) is 0 Å². The maximum atomic E-state index is 10.3. The van der Waals surface area contributed by atoms with Gasteiger partial charge in [-0.15, -0.1) is 0 Å². The number of imidazole rings is 1. The third-order valence-electron chi connectivity index (χ3n) is 4.39. The van der Waals surface area contributed by atoms with Crippen LogP contribution in [0.1, 0.15) is 13.2 Å². The summed E-state index contributed by atoms with van der Waals surface area (Å²) in [5.74, 6) is 0.272. The van der Waals surface area contributed by atoms with Crippen molar-refractivity contribution in [3.63, 3.8) is 0 Å². The van der Waals surface area contributed by atoms with Crippen LogP contribution < -0.4 is 5.73 Å². The van der Waals surface area contributed by atoms with Gasteiger partial charge in [0.2, 0.25) is 0 Å². The van der Waals surface area contributed by atoms with E-state index in [1.165, 1.54) is 12.7 Å². The van der Waals surface area contributed by atoms with E-state index in [0.717, 1.165) is 0 Å². The van der Waals surface area contributed by atoms with Gasteiger partial charge in [0, 0.05) is 0 Å². The molecule has 112 valence electrons. The van der Waals surface area contributed by atoms with Gasteiger partial charge < -0.3 is 25.4 Å². The van der Waals surface area contributed by atoms with Crippen LogP contribution in [-0.4, -0.2) is 60.3 Å². The Labute approximate surface area is 119 Å². The Hall–Kier alpha value is -1.81. The summed E-state index contributed by atoms with van der Waals surface area (Å²) >= 11 is 0. The molecule has 21 heavy (non-hydrogen) atoms. The van der Waals surface area contributed by atoms with E-state index in [4.69, 9.17) is 15.2 Å². The molecule has 0 aromatic carbocycles. The number of aromatic nitrogens is 4. The van der Waals surface area contributed by atoms with Crippen LogP contribution in [0.25, 0.3) is 11.2 Å². The fraction of sp³-hybridized carbons (Fsp3) is 0.583. The lowest BCUT2D eigenvalue weighted by Crippen LogP contribution is -2.49. The Morgan fingerprint density at radius 3 is 2.95 bits per heavy atom. The fourth-order valence-corrected chi connectivity index (χ4v) is 3.16. The molecule has 2 bridgehead atoms. The molecule has 0 amide bonds. The molecule has 2 aliphatic rings. The van der Waals surface area contributed by atoms with Crippen LogP contribution in [0, 0.1) is 0 Å². The van der Waals surface area contributed by atoms with Gasteiger partial charge in [0.15, 0.2) is 17.7 Å². The molecule has 0 radical (unpaired) electrons. The van der Waals surface area contributed by atoms with E-state index in [1.54, 1.807) is 11.5 Å². The zero-order valence-electron chi connectivity index (χ0n) is 11.2. The molecule has 2 fully saturated rings. The maximum Gasteiger partial charge on any atom is 0.167 e. The molecular weight excluding hydrogens is 278 g/mol. The normalized spacial score (nSPS) is 38.4. The van der Waals surface area contributed by atoms with Gasteiger partial charge in [-0.05, 0) is 6.92 Å². The van der Waals surface area contributed by atoms with Crippen LogP contribution in [0.15, 0.2) is 12.7 Å². The highest BCUT2D eigenvalue weighted by Gasteiger charge is 2.65. The van der Waals surface area contributed by atoms with E-state index in [0.29, 0.717) is 11.2 Å². The van der Waals surface area contributed by atoms with E-state index in [-0.39, 0.29) is 12.4 Å². The third-order valence-corrected chi connectivity index (χ3v) is 4.39. The minimum atomic E-state index is -1.12. The Morgan fingerprint density at radius 2 is 2.24 bits per heavy atom. The number of ether oxygens (including phenoxy) is 2. The Morgan fingerprint density at radius 1 is 1.43 bits per heavy atom. The summed E-state index contributed by atoms with van der Waals surface area (Å²) in [6.07, 6.45) is 0.327. The Bertz CT molecular complexity index is 706. The average Bonchev–Trinajstić information content (AvgIpc) is 3.09. The lowest BCUT2D eigenvalue weighted by Gasteiger charge is -2.34. The van der Waals surface area contributed by atoms with Crippen molar-refractivity contribution >= 4 is 17.0 Å². The predicted molar refractivity (Wildman–Crippen MR) is 70.0 cm³/mol. The molecule has 0 saturated carbocycles. The smallest absolute Gasteiger partial charge is 0.167 e. The van der Waals surface area contributed by atoms with Crippen molar-refractivity contribution in [1.29, 1.82) is 0 Å². The van der Waals surface area contributed by atoms with Crippen LogP contribution in [0.5, 0.6) is 0 Å². The number of nitrogens with zero attached hydrogens (tertiary/aromatic N) is 4. The number of aliphatic hydroxyl groups is 2. The second kappa shape index (κ2) is 4.10. The Balaban J connectivity index is 1.80. The summed E-state index contributed by atoms with van der Waals surface area (Å²) in [7, 11) is 0. The summed E-state index contributed by atoms with van der Waals surface area (Å²) in [5, 5.41) is 20.0. The van der Waals surface area contributed by atoms with Crippen molar-refractivity contribution in [2.75, 3.05) is 12.3 Å². The highest BCUT2D eigenvalue weighted by molar-refractivity contribution is 5.81. The van der Waals surface area contributed by atoms with Crippen LogP contribution in [0.4, 0.5) is 5.82 Å². The molecule has 2 aromatic rings. The first-order valence-corrected chi connectivity index (χ1v) is 6.63. The lowest BCUT2D eigenvalue weighted by molar-refractivity contribution is -0.216. The number of fused-ring (bicyclic) bond motifs is 3. The van der Waals surface area contributed by atoms with E-state index >= 15 is 0 Å². The first kappa shape index (κ1) is 12.9. The summed E-state index contributed by atoms with van der Waals surface area (Å²) in [4.78, 5) is 12.2. The topological polar surface area (TPSA) is 129 Å². The molecule has 2 aromatic heterocycles. The minimum Gasteiger partial charge on any atom is -0.393 e. The maximum absolute atomic E-state index is 10.3. The number of hydrogen-bond donors (Lipinski definition) is 3. The standard InChI is InChI=1S/C12H15N5O4/c1-5-12(2-18)8(19)7(20-5)11(21-12)17-4-16-6-9(13)14-3-15-10(6)17/h3-5,7-8,11,18-19H,2H2,1H3,(H2,13,14,15)/t5?,7?,8-,11-,12+/m1/s1. The van der Waals surface area contributed by atoms with Gasteiger partial charge in [-0.1, -0.05) is 0 Å². The van der Waals surface area contributed by atoms with Crippen molar-refractivity contribution in [3.05, 3.63) is 12.7 Å². The van der Waals surface area contributed by atoms with Crippen molar-refractivity contribution < 1.29 is 19.7 Å². The number of nitrogen functional groups attached to an aromatic ring is 1. The molecule has 9 nitrogen and oxygen atoms in total. The minimum absolute atomic E-state index is 0.272. The molecule has 4 N–H and O–H groups in total. The summed E-state index contributed by atoms with van der Waals surface area (Å²) in [6.45, 7) is 1.44. The summed E-state index contributed by atoms with van der Waals surface area (Å²) in [6, 6.07) is 0. The van der Waals surface area contributed by atoms with E-state index < -0.39 is 30.1 Å². The van der Waals surface area contributed by atoms with Crippen LogP contribution in [-0.2, 0) is 9.47 Å². The summed E-state index contributed by atoms with van der Waals surface area (Å²) < 4.78 is 13.3. The van der Waals surface area contributed by atoms with Gasteiger partial charge in [-0.3, -0.25) is 4.57 Å². The number of aliphatic hydroxyl groups excluding tert-OH is 2. The second-order valence-electron chi connectivity index (χ2n) is 5.39. The van der Waals surface area contributed by atoms with Gasteiger partial charge in [-0.2, -0.15) is 0 Å². The average molecular weight is 293 g/mol. The first-order chi connectivity index (χ1) is 10.1. The second-order valence-corrected chi connectivity index (χ2v) is 5.39. The quantitative estimate of drug-likeness (QED) is 0.631. The highest BCUT2D eigenvalue weighted by Crippen LogP contribution is 2.48. The molecule has 4 heterocycles. The lowest BCUT2D eigenvalue weighted by atomic mass is 9.95. The molecule has 5 atom stereocenters. The van der Waals surface area contributed by atoms with Crippen molar-refractivity contribution in [2.45, 2.75) is 37.1 Å². The van der Waals surface area contributed by atoms with Gasteiger partial charge in [0.1, 0.15) is 29.7 Å². The van der Waals surface area contributed by atoms with Crippen LogP contribution >= 0.6 is 0 Å². The third kappa shape index (κ3) is 1.46. The monoisotopic (exact) mass is 293 g/mol. The fourth-order valence-electron chi connectivity index (χ4n) is 3.16. The number of hydrogen-bond acceptors (Lipinski definition) is 8. The SMILES string of the molecule is CC1OC2[C@H](n3cnc4c(N)ncnc43)O[C@]1(CO)[C@@H]2O. The zero-order valence-corrected chi connectivity index (χ0v) is 11.2. The molecule has 2 unspecified atom stereocenters. The highest BCUT2D eigenvalue weighted by atomic mass is 16.7. The number of anilines is 1. The Kier molecular flexibility index (Phi) is 2.52.